The number of carbonyl (C=O) groups excluding carboxylic acids is 5. The number of amides is 5. The van der Waals surface area contributed by atoms with E-state index in [1.165, 1.54) is 22.5 Å². The molecule has 0 bridgehead atoms. The van der Waals surface area contributed by atoms with E-state index in [0.717, 1.165) is 47.0 Å². The van der Waals surface area contributed by atoms with E-state index in [2.05, 4.69) is 26.0 Å². The summed E-state index contributed by atoms with van der Waals surface area (Å²) in [6, 6.07) is 7.36. The number of anilines is 3. The SMILES string of the molecule is C#CCN1C(=O)COc2cc(F)c(N3C(=O)C4=C(CCCC4)C3=O)cc21.C=CCN(CC=C)C(=O)C(Cl)Cl.CCOCN(C(=O)CCl)c1c(C)cccc1CC.CP(=O)(O)CCC(N)C(=O)O. The molecule has 0 aromatic heterocycles. The fraction of sp³-hybridized carbons (Fsp3) is 0.435. The van der Waals surface area contributed by atoms with Crippen molar-refractivity contribution in [1.82, 2.24) is 4.90 Å². The second kappa shape index (κ2) is 28.3. The summed E-state index contributed by atoms with van der Waals surface area (Å²) in [6.45, 7) is 15.6. The molecule has 2 aromatic carbocycles. The lowest BCUT2D eigenvalue weighted by Crippen LogP contribution is -2.39. The minimum absolute atomic E-state index is 0.0170. The van der Waals surface area contributed by atoms with Crippen LogP contribution in [0.4, 0.5) is 21.5 Å². The molecule has 2 unspecified atom stereocenters. The van der Waals surface area contributed by atoms with E-state index in [-0.39, 0.29) is 73.2 Å². The second-order valence-electron chi connectivity index (χ2n) is 15.0. The van der Waals surface area contributed by atoms with Crippen LogP contribution < -0.4 is 25.2 Å². The van der Waals surface area contributed by atoms with Crippen LogP contribution in [0.5, 0.6) is 5.75 Å². The number of nitrogens with two attached hydrogens (primary N) is 1. The maximum absolute atomic E-state index is 14.7. The summed E-state index contributed by atoms with van der Waals surface area (Å²) >= 11 is 16.5. The highest BCUT2D eigenvalue weighted by Crippen LogP contribution is 2.42. The summed E-state index contributed by atoms with van der Waals surface area (Å²) in [7, 11) is -3.10. The molecule has 4 N–H and O–H groups in total. The Morgan fingerprint density at radius 3 is 2.15 bits per heavy atom. The van der Waals surface area contributed by atoms with Crippen molar-refractivity contribution in [1.29, 1.82) is 0 Å². The third-order valence-electron chi connectivity index (χ3n) is 10.0. The number of carbonyl (C=O) groups is 6. The first-order valence-electron chi connectivity index (χ1n) is 21.0. The van der Waals surface area contributed by atoms with Gasteiger partial charge in [-0.3, -0.25) is 43.1 Å². The Labute approximate surface area is 405 Å². The van der Waals surface area contributed by atoms with Crippen molar-refractivity contribution in [2.24, 2.45) is 5.73 Å². The van der Waals surface area contributed by atoms with Crippen LogP contribution in [0.1, 0.15) is 57.1 Å². The van der Waals surface area contributed by atoms with E-state index in [4.69, 9.17) is 66.4 Å². The first-order valence-corrected chi connectivity index (χ1v) is 24.7. The molecule has 5 amide bonds. The van der Waals surface area contributed by atoms with Gasteiger partial charge in [0.05, 0.1) is 23.6 Å². The van der Waals surface area contributed by atoms with Gasteiger partial charge >= 0.3 is 5.97 Å². The number of halogens is 4. The highest BCUT2D eigenvalue weighted by Gasteiger charge is 2.42. The number of carboxylic acid groups (broad SMARTS) is 1. The van der Waals surface area contributed by atoms with E-state index in [0.29, 0.717) is 43.7 Å². The number of terminal acetylenes is 1. The van der Waals surface area contributed by atoms with Crippen LogP contribution in [0.2, 0.25) is 0 Å². The fourth-order valence-electron chi connectivity index (χ4n) is 6.72. The van der Waals surface area contributed by atoms with Crippen molar-refractivity contribution in [2.75, 3.05) is 73.0 Å². The molecule has 0 fully saturated rings. The van der Waals surface area contributed by atoms with E-state index in [9.17, 15) is 37.7 Å². The molecule has 2 heterocycles. The number of ether oxygens (including phenoxy) is 2. The Hall–Kier alpha value is -5.05. The molecule has 0 radical (unpaired) electrons. The predicted octanol–water partition coefficient (Wildman–Crippen LogP) is 6.73. The zero-order valence-corrected chi connectivity index (χ0v) is 41.1. The Morgan fingerprint density at radius 1 is 1.07 bits per heavy atom. The van der Waals surface area contributed by atoms with Crippen LogP contribution in [-0.2, 0) is 44.5 Å². The van der Waals surface area contributed by atoms with Crippen molar-refractivity contribution < 1.29 is 57.2 Å². The summed E-state index contributed by atoms with van der Waals surface area (Å²) < 4.78 is 36.0. The van der Waals surface area contributed by atoms with Gasteiger partial charge in [0, 0.05) is 49.7 Å². The maximum atomic E-state index is 14.7. The molecule has 2 aromatic rings. The van der Waals surface area contributed by atoms with E-state index < -0.39 is 41.8 Å². The number of fused-ring (bicyclic) bond motifs is 1. The standard InChI is InChI=1S/C19H15FN2O4.C14H20ClNO2.C8H11Cl2NO.C5H12NO4P/c1-2-7-21-15-9-14(13(20)8-16(15)26-10-17(21)23)22-18(24)11-5-3-4-6-12(11)19(22)25;1-4-12-8-6-7-11(3)14(12)16(10-18-5-2)13(17)9-15;1-3-5-11(6-4-2)8(12)7(9)10;1-11(9,10)3-2-4(6)5(7)8/h1,8-9H,3-7,10H2;6-8H,4-5,9-10H2,1-3H3;3-4,7H,1-2,5-6H2;4H,2-3,6H2,1H3,(H,7,8)(H,9,10). The number of nitrogens with zero attached hydrogens (tertiary/aromatic N) is 4. The van der Waals surface area contributed by atoms with E-state index in [1.807, 2.05) is 32.0 Å². The normalized spacial score (nSPS) is 15.1. The first-order chi connectivity index (χ1) is 31.6. The Bertz CT molecular complexity index is 2230. The van der Waals surface area contributed by atoms with Crippen LogP contribution in [0, 0.1) is 25.1 Å². The summed E-state index contributed by atoms with van der Waals surface area (Å²) in [5, 5.41) is 8.28. The number of alkyl halides is 3. The largest absolute Gasteiger partial charge is 0.481 e. The van der Waals surface area contributed by atoms with Gasteiger partial charge in [0.25, 0.3) is 23.6 Å². The van der Waals surface area contributed by atoms with E-state index >= 15 is 0 Å². The summed E-state index contributed by atoms with van der Waals surface area (Å²) in [6.07, 6.45) is 12.1. The smallest absolute Gasteiger partial charge is 0.320 e. The number of rotatable bonds is 17. The molecule has 2 atom stereocenters. The van der Waals surface area contributed by atoms with Gasteiger partial charge in [-0.05, 0) is 69.6 Å². The van der Waals surface area contributed by atoms with Crippen molar-refractivity contribution in [2.45, 2.75) is 70.2 Å². The lowest BCUT2D eigenvalue weighted by atomic mass is 9.93. The molecule has 0 saturated heterocycles. The minimum atomic E-state index is -3.10. The fourth-order valence-corrected chi connectivity index (χ4v) is 7.90. The topological polar surface area (TPSA) is 217 Å². The van der Waals surface area contributed by atoms with E-state index in [1.54, 1.807) is 17.1 Å². The van der Waals surface area contributed by atoms with Gasteiger partial charge in [0.1, 0.15) is 24.4 Å². The monoisotopic (exact) mass is 1010 g/mol. The number of benzene rings is 2. The number of aryl methyl sites for hydroxylation is 2. The Morgan fingerprint density at radius 2 is 1.67 bits per heavy atom. The van der Waals surface area contributed by atoms with Gasteiger partial charge in [-0.2, -0.15) is 0 Å². The van der Waals surface area contributed by atoms with Crippen molar-refractivity contribution in [3.8, 4) is 18.1 Å². The highest BCUT2D eigenvalue weighted by atomic mass is 35.5. The lowest BCUT2D eigenvalue weighted by molar-refractivity contribution is -0.138. The molecule has 67 heavy (non-hydrogen) atoms. The van der Waals surface area contributed by atoms with Crippen LogP contribution >= 0.6 is 42.2 Å². The molecular weight excluding hydrogens is 955 g/mol. The Kier molecular flexibility index (Phi) is 24.5. The molecule has 2 aliphatic heterocycles. The number of hydrogen-bond acceptors (Lipinski definition) is 10. The van der Waals surface area contributed by atoms with Crippen molar-refractivity contribution >= 4 is 94.7 Å². The lowest BCUT2D eigenvalue weighted by Gasteiger charge is -2.29. The van der Waals surface area contributed by atoms with Gasteiger partial charge in [0.2, 0.25) is 5.91 Å². The quantitative estimate of drug-likeness (QED) is 0.0376. The van der Waals surface area contributed by atoms with Gasteiger partial charge in [-0.25, -0.2) is 9.29 Å². The molecule has 3 aliphatic rings. The summed E-state index contributed by atoms with van der Waals surface area (Å²) in [4.78, 5) is 83.7. The summed E-state index contributed by atoms with van der Waals surface area (Å²) in [5.74, 6) is -1.22. The summed E-state index contributed by atoms with van der Waals surface area (Å²) in [5.41, 5.74) is 9.21. The molecular formula is C46H58Cl3FN5O11P. The zero-order valence-electron chi connectivity index (χ0n) is 38.0. The van der Waals surface area contributed by atoms with Crippen molar-refractivity contribution in [3.63, 3.8) is 0 Å². The maximum Gasteiger partial charge on any atom is 0.320 e. The van der Waals surface area contributed by atoms with Gasteiger partial charge in [-0.1, -0.05) is 66.4 Å². The van der Waals surface area contributed by atoms with Gasteiger partial charge < -0.3 is 30.1 Å². The molecule has 21 heteroatoms. The minimum Gasteiger partial charge on any atom is -0.481 e. The third-order valence-corrected chi connectivity index (χ3v) is 11.7. The zero-order chi connectivity index (χ0) is 50.6. The second-order valence-corrected chi connectivity index (χ2v) is 18.9. The average molecular weight is 1010 g/mol. The number of imide groups is 1. The molecule has 0 spiro atoms. The first kappa shape index (κ1) is 58.1. The van der Waals surface area contributed by atoms with Crippen LogP contribution in [0.25, 0.3) is 0 Å². The Balaban J connectivity index is 0.000000329. The number of aliphatic carboxylic acids is 1. The predicted molar refractivity (Wildman–Crippen MR) is 260 cm³/mol. The van der Waals surface area contributed by atoms with Crippen LogP contribution in [0.15, 0.2) is 66.8 Å². The van der Waals surface area contributed by atoms with Crippen molar-refractivity contribution in [3.05, 3.63) is 83.7 Å². The highest BCUT2D eigenvalue weighted by molar-refractivity contribution is 7.57. The van der Waals surface area contributed by atoms with Gasteiger partial charge in [0.15, 0.2) is 24.6 Å². The third kappa shape index (κ3) is 16.9. The molecule has 1 aliphatic carbocycles. The molecule has 0 saturated carbocycles. The number of carboxylic acids is 1. The number of para-hydroxylation sites is 1. The van der Waals surface area contributed by atoms with Crippen LogP contribution in [-0.4, -0.2) is 120 Å². The molecule has 366 valence electrons. The number of hydrogen-bond donors (Lipinski definition) is 3. The van der Waals surface area contributed by atoms with Crippen LogP contribution in [0.3, 0.4) is 0 Å². The van der Waals surface area contributed by atoms with Gasteiger partial charge in [-0.15, -0.1) is 31.2 Å². The molecule has 16 nitrogen and oxygen atoms in total. The molecule has 5 rings (SSSR count). The average Bonchev–Trinajstić information content (AvgIpc) is 3.54.